The molecule has 0 saturated carbocycles. The Morgan fingerprint density at radius 3 is 2.65 bits per heavy atom. The van der Waals surface area contributed by atoms with E-state index in [1.165, 1.54) is 4.88 Å². The Morgan fingerprint density at radius 1 is 1.29 bits per heavy atom. The van der Waals surface area contributed by atoms with Crippen molar-refractivity contribution >= 4 is 27.3 Å². The molecule has 2 aromatic rings. The zero-order chi connectivity index (χ0) is 12.1. The summed E-state index contributed by atoms with van der Waals surface area (Å²) in [6.45, 7) is 0.577. The summed E-state index contributed by atoms with van der Waals surface area (Å²) in [5.41, 5.74) is 1.01. The summed E-state index contributed by atoms with van der Waals surface area (Å²) in [5.74, 6) is 0.830. The van der Waals surface area contributed by atoms with E-state index in [1.54, 1.807) is 11.3 Å². The van der Waals surface area contributed by atoms with Gasteiger partial charge in [0, 0.05) is 14.7 Å². The molecule has 0 saturated heterocycles. The first-order chi connectivity index (χ1) is 8.28. The topological polar surface area (TPSA) is 33.0 Å². The summed E-state index contributed by atoms with van der Waals surface area (Å²) in [5, 5.41) is 10.6. The average molecular weight is 308 g/mol. The lowest BCUT2D eigenvalue weighted by Crippen LogP contribution is -1.92. The molecule has 0 bridgehead atoms. The largest absolute Gasteiger partial charge is 0.488 e. The number of hydrogen-bond acceptors (Lipinski definition) is 3. The molecule has 17 heavy (non-hydrogen) atoms. The summed E-state index contributed by atoms with van der Waals surface area (Å²) >= 11 is 5.07. The van der Waals surface area contributed by atoms with Crippen LogP contribution in [0.25, 0.3) is 0 Å². The summed E-state index contributed by atoms with van der Waals surface area (Å²) < 4.78 is 6.73. The van der Waals surface area contributed by atoms with Crippen molar-refractivity contribution in [2.45, 2.75) is 13.0 Å². The second-order valence-electron chi connectivity index (χ2n) is 3.50. The molecule has 0 aliphatic heterocycles. The second kappa shape index (κ2) is 5.85. The first-order valence-electron chi connectivity index (χ1n) is 5.09. The third-order valence-corrected chi connectivity index (χ3v) is 3.88. The molecular formula is C13H10BrNOS. The monoisotopic (exact) mass is 307 g/mol. The third kappa shape index (κ3) is 3.58. The van der Waals surface area contributed by atoms with Crippen molar-refractivity contribution in [2.24, 2.45) is 0 Å². The van der Waals surface area contributed by atoms with Crippen LogP contribution in [0.1, 0.15) is 10.4 Å². The van der Waals surface area contributed by atoms with Gasteiger partial charge < -0.3 is 4.74 Å². The molecule has 0 amide bonds. The predicted octanol–water partition coefficient (Wildman–Crippen LogP) is 4.16. The molecule has 86 valence electrons. The summed E-state index contributed by atoms with van der Waals surface area (Å²) in [7, 11) is 0. The first-order valence-corrected chi connectivity index (χ1v) is 6.77. The fraction of sp³-hybridized carbons (Fsp3) is 0.154. The smallest absolute Gasteiger partial charge is 0.122 e. The fourth-order valence-corrected chi connectivity index (χ4v) is 2.74. The quantitative estimate of drug-likeness (QED) is 0.850. The van der Waals surface area contributed by atoms with E-state index >= 15 is 0 Å². The van der Waals surface area contributed by atoms with Gasteiger partial charge in [0.25, 0.3) is 0 Å². The van der Waals surface area contributed by atoms with Crippen molar-refractivity contribution in [1.29, 1.82) is 5.26 Å². The minimum atomic E-state index is 0.443. The van der Waals surface area contributed by atoms with Crippen LogP contribution in [0.15, 0.2) is 40.2 Å². The number of nitriles is 1. The number of benzene rings is 1. The number of halogens is 1. The highest BCUT2D eigenvalue weighted by Gasteiger charge is 1.99. The molecule has 4 heteroatoms. The Labute approximate surface area is 113 Å². The maximum atomic E-state index is 8.56. The maximum Gasteiger partial charge on any atom is 0.122 e. The van der Waals surface area contributed by atoms with Gasteiger partial charge in [-0.2, -0.15) is 5.26 Å². The Bertz CT molecular complexity index is 527. The van der Waals surface area contributed by atoms with Crippen LogP contribution < -0.4 is 4.74 Å². The van der Waals surface area contributed by atoms with Gasteiger partial charge in [-0.25, -0.2) is 0 Å². The number of nitrogens with zero attached hydrogens (tertiary/aromatic N) is 1. The van der Waals surface area contributed by atoms with Crippen molar-refractivity contribution in [2.75, 3.05) is 0 Å². The Hall–Kier alpha value is -1.31. The Balaban J connectivity index is 1.93. The molecule has 1 aromatic carbocycles. The number of rotatable bonds is 4. The van der Waals surface area contributed by atoms with E-state index < -0.39 is 0 Å². The molecule has 0 N–H and O–H groups in total. The molecule has 2 rings (SSSR count). The lowest BCUT2D eigenvalue weighted by molar-refractivity contribution is 0.309. The molecule has 0 aliphatic carbocycles. The van der Waals surface area contributed by atoms with Crippen LogP contribution in [-0.2, 0) is 13.0 Å². The van der Waals surface area contributed by atoms with Crippen molar-refractivity contribution in [1.82, 2.24) is 0 Å². The van der Waals surface area contributed by atoms with Gasteiger partial charge in [0.1, 0.15) is 12.4 Å². The average Bonchev–Trinajstić information content (AvgIpc) is 2.75. The van der Waals surface area contributed by atoms with Gasteiger partial charge in [-0.15, -0.1) is 11.3 Å². The first kappa shape index (κ1) is 12.2. The zero-order valence-electron chi connectivity index (χ0n) is 9.02. The highest BCUT2D eigenvalue weighted by atomic mass is 79.9. The van der Waals surface area contributed by atoms with Crippen LogP contribution in [0, 0.1) is 11.3 Å². The SMILES string of the molecule is N#CCc1ccc(OCc2cc(Br)cs2)cc1. The van der Waals surface area contributed by atoms with E-state index in [1.807, 2.05) is 29.6 Å². The van der Waals surface area contributed by atoms with Gasteiger partial charge in [-0.3, -0.25) is 0 Å². The van der Waals surface area contributed by atoms with Crippen molar-refractivity contribution in [3.63, 3.8) is 0 Å². The molecule has 0 radical (unpaired) electrons. The van der Waals surface area contributed by atoms with E-state index in [2.05, 4.69) is 28.1 Å². The van der Waals surface area contributed by atoms with Crippen LogP contribution in [0.4, 0.5) is 0 Å². The highest BCUT2D eigenvalue weighted by molar-refractivity contribution is 9.10. The molecule has 2 nitrogen and oxygen atoms in total. The van der Waals surface area contributed by atoms with Crippen LogP contribution in [0.2, 0.25) is 0 Å². The normalized spacial score (nSPS) is 9.88. The van der Waals surface area contributed by atoms with E-state index in [4.69, 9.17) is 10.00 Å². The molecular weight excluding hydrogens is 298 g/mol. The van der Waals surface area contributed by atoms with Crippen molar-refractivity contribution in [3.05, 3.63) is 50.6 Å². The van der Waals surface area contributed by atoms with E-state index in [9.17, 15) is 0 Å². The van der Waals surface area contributed by atoms with Crippen LogP contribution >= 0.6 is 27.3 Å². The minimum Gasteiger partial charge on any atom is -0.488 e. The molecule has 0 atom stereocenters. The second-order valence-corrected chi connectivity index (χ2v) is 5.41. The van der Waals surface area contributed by atoms with E-state index in [-0.39, 0.29) is 0 Å². The van der Waals surface area contributed by atoms with E-state index in [0.29, 0.717) is 13.0 Å². The zero-order valence-corrected chi connectivity index (χ0v) is 11.4. The molecule has 0 spiro atoms. The van der Waals surface area contributed by atoms with Gasteiger partial charge in [0.2, 0.25) is 0 Å². The minimum absolute atomic E-state index is 0.443. The number of thiophene rings is 1. The maximum absolute atomic E-state index is 8.56. The van der Waals surface area contributed by atoms with Gasteiger partial charge in [-0.1, -0.05) is 12.1 Å². The molecule has 1 heterocycles. The Kier molecular flexibility index (Phi) is 4.18. The van der Waals surface area contributed by atoms with Gasteiger partial charge in [0.05, 0.1) is 12.5 Å². The predicted molar refractivity (Wildman–Crippen MR) is 72.1 cm³/mol. The standard InChI is InChI=1S/C13H10BrNOS/c14-11-7-13(17-9-11)8-16-12-3-1-10(2-4-12)5-6-15/h1-4,7,9H,5,8H2. The highest BCUT2D eigenvalue weighted by Crippen LogP contribution is 2.21. The van der Waals surface area contributed by atoms with Crippen molar-refractivity contribution in [3.8, 4) is 11.8 Å². The van der Waals surface area contributed by atoms with Gasteiger partial charge in [0.15, 0.2) is 0 Å². The molecule has 0 fully saturated rings. The molecule has 0 aliphatic rings. The van der Waals surface area contributed by atoms with Crippen LogP contribution in [-0.4, -0.2) is 0 Å². The lowest BCUT2D eigenvalue weighted by Gasteiger charge is -2.04. The summed E-state index contributed by atoms with van der Waals surface area (Å²) in [4.78, 5) is 1.18. The molecule has 0 unspecified atom stereocenters. The number of ether oxygens (including phenoxy) is 1. The van der Waals surface area contributed by atoms with Crippen LogP contribution in [0.5, 0.6) is 5.75 Å². The van der Waals surface area contributed by atoms with Crippen molar-refractivity contribution < 1.29 is 4.74 Å². The van der Waals surface area contributed by atoms with Crippen LogP contribution in [0.3, 0.4) is 0 Å². The fourth-order valence-electron chi connectivity index (χ4n) is 1.38. The summed E-state index contributed by atoms with van der Waals surface area (Å²) in [6, 6.07) is 11.8. The lowest BCUT2D eigenvalue weighted by atomic mass is 10.2. The summed E-state index contributed by atoms with van der Waals surface area (Å²) in [6.07, 6.45) is 0.443. The number of hydrogen-bond donors (Lipinski definition) is 0. The molecule has 1 aromatic heterocycles. The third-order valence-electron chi connectivity index (χ3n) is 2.21. The Morgan fingerprint density at radius 2 is 2.06 bits per heavy atom. The van der Waals surface area contributed by atoms with E-state index in [0.717, 1.165) is 15.8 Å². The van der Waals surface area contributed by atoms with Gasteiger partial charge in [-0.05, 0) is 39.7 Å². The van der Waals surface area contributed by atoms with Gasteiger partial charge >= 0.3 is 0 Å².